The van der Waals surface area contributed by atoms with Crippen LogP contribution >= 0.6 is 11.6 Å². The van der Waals surface area contributed by atoms with Crippen LogP contribution in [0.15, 0.2) is 48.7 Å². The van der Waals surface area contributed by atoms with Gasteiger partial charge in [-0.15, -0.1) is 5.10 Å². The molecule has 0 saturated heterocycles. The van der Waals surface area contributed by atoms with E-state index in [0.29, 0.717) is 11.5 Å². The second-order valence-electron chi connectivity index (χ2n) is 6.84. The number of nitrogens with zero attached hydrogens (tertiary/aromatic N) is 3. The molecule has 0 aliphatic carbocycles. The van der Waals surface area contributed by atoms with Crippen molar-refractivity contribution in [3.8, 4) is 0 Å². The highest BCUT2D eigenvalue weighted by Crippen LogP contribution is 2.31. The SMILES string of the molecule is CC(C)(C)c1ccccc1Nc1cnnc(Nc2ccc(F)c(Cl)c2)n1. The van der Waals surface area contributed by atoms with Crippen molar-refractivity contribution in [2.24, 2.45) is 0 Å². The molecule has 0 fully saturated rings. The zero-order valence-electron chi connectivity index (χ0n) is 14.7. The predicted molar refractivity (Wildman–Crippen MR) is 103 cm³/mol. The van der Waals surface area contributed by atoms with Crippen LogP contribution in [0.3, 0.4) is 0 Å². The summed E-state index contributed by atoms with van der Waals surface area (Å²) in [6, 6.07) is 12.3. The van der Waals surface area contributed by atoms with Crippen LogP contribution in [0.1, 0.15) is 26.3 Å². The fourth-order valence-electron chi connectivity index (χ4n) is 2.50. The van der Waals surface area contributed by atoms with Crippen LogP contribution in [0.25, 0.3) is 0 Å². The third-order valence-corrected chi connectivity index (χ3v) is 4.02. The summed E-state index contributed by atoms with van der Waals surface area (Å²) in [6.07, 6.45) is 1.54. The predicted octanol–water partition coefficient (Wildman–Crippen LogP) is 5.45. The van der Waals surface area contributed by atoms with Gasteiger partial charge in [0.1, 0.15) is 5.82 Å². The Morgan fingerprint density at radius 1 is 1.04 bits per heavy atom. The van der Waals surface area contributed by atoms with Gasteiger partial charge in [0.05, 0.1) is 11.2 Å². The Balaban J connectivity index is 1.83. The molecular weight excluding hydrogens is 353 g/mol. The Labute approximate surface area is 156 Å². The number of nitrogens with one attached hydrogen (secondary N) is 2. The number of benzene rings is 2. The number of para-hydroxylation sites is 1. The normalized spacial score (nSPS) is 11.3. The van der Waals surface area contributed by atoms with Gasteiger partial charge < -0.3 is 10.6 Å². The first-order valence-corrected chi connectivity index (χ1v) is 8.49. The van der Waals surface area contributed by atoms with E-state index in [-0.39, 0.29) is 16.4 Å². The summed E-state index contributed by atoms with van der Waals surface area (Å²) in [5, 5.41) is 14.2. The average Bonchev–Trinajstić information content (AvgIpc) is 2.58. The first-order valence-electron chi connectivity index (χ1n) is 8.11. The monoisotopic (exact) mass is 371 g/mol. The lowest BCUT2D eigenvalue weighted by atomic mass is 9.86. The van der Waals surface area contributed by atoms with Gasteiger partial charge in [0.25, 0.3) is 0 Å². The van der Waals surface area contributed by atoms with Gasteiger partial charge in [-0.2, -0.15) is 10.1 Å². The van der Waals surface area contributed by atoms with Crippen molar-refractivity contribution in [2.75, 3.05) is 10.6 Å². The van der Waals surface area contributed by atoms with E-state index in [1.807, 2.05) is 18.2 Å². The van der Waals surface area contributed by atoms with Gasteiger partial charge in [-0.25, -0.2) is 4.39 Å². The van der Waals surface area contributed by atoms with Crippen molar-refractivity contribution in [3.63, 3.8) is 0 Å². The maximum Gasteiger partial charge on any atom is 0.249 e. The Morgan fingerprint density at radius 3 is 2.54 bits per heavy atom. The molecule has 0 aliphatic heterocycles. The van der Waals surface area contributed by atoms with Gasteiger partial charge in [0, 0.05) is 11.4 Å². The number of hydrogen-bond donors (Lipinski definition) is 2. The molecule has 1 heterocycles. The van der Waals surface area contributed by atoms with Crippen LogP contribution < -0.4 is 10.6 Å². The van der Waals surface area contributed by atoms with Crippen LogP contribution in [0.2, 0.25) is 5.02 Å². The molecule has 0 bridgehead atoms. The van der Waals surface area contributed by atoms with E-state index in [0.717, 1.165) is 5.69 Å². The molecule has 3 aromatic rings. The smallest absolute Gasteiger partial charge is 0.249 e. The van der Waals surface area contributed by atoms with E-state index in [4.69, 9.17) is 11.6 Å². The molecular formula is C19H19ClFN5. The summed E-state index contributed by atoms with van der Waals surface area (Å²) >= 11 is 5.79. The fourth-order valence-corrected chi connectivity index (χ4v) is 2.68. The minimum absolute atomic E-state index is 0.0179. The van der Waals surface area contributed by atoms with Gasteiger partial charge in [-0.1, -0.05) is 50.6 Å². The van der Waals surface area contributed by atoms with E-state index in [2.05, 4.69) is 52.7 Å². The molecule has 5 nitrogen and oxygen atoms in total. The molecule has 26 heavy (non-hydrogen) atoms. The van der Waals surface area contributed by atoms with Crippen LogP contribution in [0, 0.1) is 5.82 Å². The van der Waals surface area contributed by atoms with E-state index >= 15 is 0 Å². The highest BCUT2D eigenvalue weighted by molar-refractivity contribution is 6.31. The van der Waals surface area contributed by atoms with E-state index in [9.17, 15) is 4.39 Å². The Morgan fingerprint density at radius 2 is 1.81 bits per heavy atom. The molecule has 0 unspecified atom stereocenters. The van der Waals surface area contributed by atoms with Crippen molar-refractivity contribution < 1.29 is 4.39 Å². The second kappa shape index (κ2) is 7.25. The van der Waals surface area contributed by atoms with E-state index < -0.39 is 5.82 Å². The molecule has 134 valence electrons. The Kier molecular flexibility index (Phi) is 5.04. The van der Waals surface area contributed by atoms with Gasteiger partial charge in [-0.3, -0.25) is 0 Å². The molecule has 0 saturated carbocycles. The van der Waals surface area contributed by atoms with E-state index in [1.165, 1.54) is 17.7 Å². The Bertz CT molecular complexity index is 924. The molecule has 0 aliphatic rings. The Hall–Kier alpha value is -2.73. The van der Waals surface area contributed by atoms with Crippen LogP contribution in [0.4, 0.5) is 27.5 Å². The summed E-state index contributed by atoms with van der Waals surface area (Å²) in [5.41, 5.74) is 2.68. The zero-order valence-corrected chi connectivity index (χ0v) is 15.5. The summed E-state index contributed by atoms with van der Waals surface area (Å²) in [7, 11) is 0. The van der Waals surface area contributed by atoms with Crippen LogP contribution in [-0.2, 0) is 5.41 Å². The molecule has 0 spiro atoms. The quantitative estimate of drug-likeness (QED) is 0.638. The number of rotatable bonds is 4. The summed E-state index contributed by atoms with van der Waals surface area (Å²) in [5.74, 6) is 0.351. The van der Waals surface area contributed by atoms with Crippen molar-refractivity contribution in [1.29, 1.82) is 0 Å². The summed E-state index contributed by atoms with van der Waals surface area (Å²) < 4.78 is 13.3. The molecule has 2 N–H and O–H groups in total. The van der Waals surface area contributed by atoms with Crippen LogP contribution in [0.5, 0.6) is 0 Å². The third-order valence-electron chi connectivity index (χ3n) is 3.73. The molecule has 1 aromatic heterocycles. The van der Waals surface area contributed by atoms with Crippen molar-refractivity contribution >= 4 is 34.7 Å². The highest BCUT2D eigenvalue weighted by atomic mass is 35.5. The lowest BCUT2D eigenvalue weighted by Gasteiger charge is -2.23. The molecule has 0 radical (unpaired) electrons. The molecule has 3 rings (SSSR count). The first kappa shape index (κ1) is 18.1. The molecule has 2 aromatic carbocycles. The fraction of sp³-hybridized carbons (Fsp3) is 0.211. The maximum atomic E-state index is 13.3. The van der Waals surface area contributed by atoms with Gasteiger partial charge in [-0.05, 0) is 35.2 Å². The van der Waals surface area contributed by atoms with Crippen molar-refractivity contribution in [1.82, 2.24) is 15.2 Å². The molecule has 0 atom stereocenters. The average molecular weight is 372 g/mol. The van der Waals surface area contributed by atoms with Crippen LogP contribution in [-0.4, -0.2) is 15.2 Å². The highest BCUT2D eigenvalue weighted by Gasteiger charge is 2.17. The topological polar surface area (TPSA) is 62.7 Å². The number of aromatic nitrogens is 3. The number of anilines is 4. The van der Waals surface area contributed by atoms with E-state index in [1.54, 1.807) is 12.3 Å². The lowest BCUT2D eigenvalue weighted by molar-refractivity contribution is 0.592. The number of hydrogen-bond acceptors (Lipinski definition) is 5. The third kappa shape index (κ3) is 4.26. The largest absolute Gasteiger partial charge is 0.339 e. The van der Waals surface area contributed by atoms with Crippen molar-refractivity contribution in [2.45, 2.75) is 26.2 Å². The van der Waals surface area contributed by atoms with Crippen molar-refractivity contribution in [3.05, 3.63) is 65.1 Å². The molecule has 7 heteroatoms. The first-order chi connectivity index (χ1) is 12.3. The van der Waals surface area contributed by atoms with Gasteiger partial charge in [0.15, 0.2) is 5.82 Å². The molecule has 0 amide bonds. The second-order valence-corrected chi connectivity index (χ2v) is 7.25. The minimum atomic E-state index is -0.481. The standard InChI is InChI=1S/C19H19ClFN5/c1-19(2,3)13-6-4-5-7-16(13)24-17-11-22-26-18(25-17)23-12-8-9-15(21)14(20)10-12/h4-11H,1-3H3,(H2,23,24,25,26). The number of halogens is 2. The summed E-state index contributed by atoms with van der Waals surface area (Å²) in [4.78, 5) is 4.41. The minimum Gasteiger partial charge on any atom is -0.339 e. The maximum absolute atomic E-state index is 13.3. The summed E-state index contributed by atoms with van der Waals surface area (Å²) in [6.45, 7) is 6.45. The van der Waals surface area contributed by atoms with Gasteiger partial charge in [0.2, 0.25) is 5.95 Å². The van der Waals surface area contributed by atoms with Gasteiger partial charge >= 0.3 is 0 Å². The zero-order chi connectivity index (χ0) is 18.7. The lowest BCUT2D eigenvalue weighted by Crippen LogP contribution is -2.14.